The van der Waals surface area contributed by atoms with Crippen LogP contribution >= 0.6 is 0 Å². The van der Waals surface area contributed by atoms with Gasteiger partial charge >= 0.3 is 12.1 Å². The van der Waals surface area contributed by atoms with Crippen molar-refractivity contribution in [1.29, 1.82) is 0 Å². The number of carbonyl (C=O) groups excluding carboxylic acids is 2. The van der Waals surface area contributed by atoms with Crippen LogP contribution in [0.2, 0.25) is 0 Å². The molecular formula is C22H26N4O3. The van der Waals surface area contributed by atoms with Gasteiger partial charge in [0.05, 0.1) is 7.11 Å². The minimum atomic E-state index is -0.294. The van der Waals surface area contributed by atoms with Gasteiger partial charge in [0, 0.05) is 37.6 Å². The maximum Gasteiger partial charge on any atom is 0.324 e. The molecule has 1 aliphatic heterocycles. The Bertz CT molecular complexity index is 849. The Hall–Kier alpha value is -3.48. The summed E-state index contributed by atoms with van der Waals surface area (Å²) in [5.41, 5.74) is 2.53. The molecule has 0 atom stereocenters. The molecule has 1 heterocycles. The molecule has 0 saturated carbocycles. The summed E-state index contributed by atoms with van der Waals surface area (Å²) >= 11 is 0. The van der Waals surface area contributed by atoms with Gasteiger partial charge in [-0.2, -0.15) is 0 Å². The summed E-state index contributed by atoms with van der Waals surface area (Å²) in [5, 5.41) is 5.40. The Labute approximate surface area is 170 Å². The molecule has 3 rings (SSSR count). The molecule has 1 saturated heterocycles. The fourth-order valence-corrected chi connectivity index (χ4v) is 3.18. The van der Waals surface area contributed by atoms with E-state index in [2.05, 4.69) is 17.2 Å². The zero-order valence-electron chi connectivity index (χ0n) is 16.6. The fraction of sp³-hybridized carbons (Fsp3) is 0.273. The highest BCUT2D eigenvalue weighted by Gasteiger charge is 2.26. The van der Waals surface area contributed by atoms with Crippen molar-refractivity contribution >= 4 is 23.4 Å². The van der Waals surface area contributed by atoms with Crippen LogP contribution in [0.1, 0.15) is 12.0 Å². The van der Waals surface area contributed by atoms with Crippen molar-refractivity contribution in [2.24, 2.45) is 0 Å². The van der Waals surface area contributed by atoms with Crippen LogP contribution in [0.3, 0.4) is 0 Å². The number of urea groups is 2. The van der Waals surface area contributed by atoms with Gasteiger partial charge in [-0.15, -0.1) is 6.58 Å². The number of amides is 4. The SMILES string of the molecule is C=CCNC(=O)Nc1ccc(N2CCCN(Cc3ccc(OC)cc3)C2=O)cc1. The van der Waals surface area contributed by atoms with Crippen molar-refractivity contribution in [1.82, 2.24) is 10.2 Å². The molecule has 7 heteroatoms. The number of ether oxygens (including phenoxy) is 1. The molecule has 0 bridgehead atoms. The first-order valence-corrected chi connectivity index (χ1v) is 9.56. The van der Waals surface area contributed by atoms with Gasteiger partial charge in [-0.25, -0.2) is 9.59 Å². The molecule has 7 nitrogen and oxygen atoms in total. The van der Waals surface area contributed by atoms with Crippen molar-refractivity contribution in [3.8, 4) is 5.75 Å². The van der Waals surface area contributed by atoms with E-state index in [1.54, 1.807) is 30.2 Å². The Kier molecular flexibility index (Phi) is 6.73. The minimum absolute atomic E-state index is 0.0171. The van der Waals surface area contributed by atoms with Crippen molar-refractivity contribution < 1.29 is 14.3 Å². The molecule has 0 aliphatic carbocycles. The van der Waals surface area contributed by atoms with Gasteiger partial charge in [0.2, 0.25) is 0 Å². The maximum atomic E-state index is 13.0. The number of carbonyl (C=O) groups is 2. The Morgan fingerprint density at radius 1 is 1.14 bits per heavy atom. The normalized spacial score (nSPS) is 13.8. The lowest BCUT2D eigenvalue weighted by atomic mass is 10.1. The molecule has 0 unspecified atom stereocenters. The standard InChI is InChI=1S/C22H26N4O3/c1-3-13-23-21(27)24-18-7-9-19(10-8-18)26-15-4-14-25(22(26)28)16-17-5-11-20(29-2)12-6-17/h3,5-12H,1,4,13-16H2,2H3,(H2,23,24,27). The molecule has 0 aromatic heterocycles. The lowest BCUT2D eigenvalue weighted by Crippen LogP contribution is -2.49. The van der Waals surface area contributed by atoms with E-state index in [-0.39, 0.29) is 12.1 Å². The lowest BCUT2D eigenvalue weighted by molar-refractivity contribution is 0.192. The first-order valence-electron chi connectivity index (χ1n) is 9.56. The monoisotopic (exact) mass is 394 g/mol. The average molecular weight is 394 g/mol. The van der Waals surface area contributed by atoms with Crippen molar-refractivity contribution in [3.05, 3.63) is 66.7 Å². The molecule has 1 aliphatic rings. The number of rotatable bonds is 7. The summed E-state index contributed by atoms with van der Waals surface area (Å²) in [4.78, 5) is 28.3. The fourth-order valence-electron chi connectivity index (χ4n) is 3.18. The summed E-state index contributed by atoms with van der Waals surface area (Å²) < 4.78 is 5.18. The quantitative estimate of drug-likeness (QED) is 0.701. The van der Waals surface area contributed by atoms with E-state index in [4.69, 9.17) is 4.74 Å². The minimum Gasteiger partial charge on any atom is -0.497 e. The number of methoxy groups -OCH3 is 1. The molecule has 29 heavy (non-hydrogen) atoms. The molecule has 0 spiro atoms. The zero-order valence-corrected chi connectivity index (χ0v) is 16.6. The highest BCUT2D eigenvalue weighted by atomic mass is 16.5. The lowest BCUT2D eigenvalue weighted by Gasteiger charge is -2.35. The second-order valence-electron chi connectivity index (χ2n) is 6.73. The predicted molar refractivity (Wildman–Crippen MR) is 114 cm³/mol. The molecule has 2 aromatic rings. The van der Waals surface area contributed by atoms with Crippen LogP contribution in [0.4, 0.5) is 21.0 Å². The van der Waals surface area contributed by atoms with Crippen LogP contribution in [0.25, 0.3) is 0 Å². The van der Waals surface area contributed by atoms with Gasteiger partial charge < -0.3 is 20.3 Å². The van der Waals surface area contributed by atoms with Crippen molar-refractivity contribution in [3.63, 3.8) is 0 Å². The van der Waals surface area contributed by atoms with E-state index in [9.17, 15) is 9.59 Å². The van der Waals surface area contributed by atoms with Crippen LogP contribution in [0.15, 0.2) is 61.2 Å². The molecule has 2 aromatic carbocycles. The maximum absolute atomic E-state index is 13.0. The molecule has 4 amide bonds. The predicted octanol–water partition coefficient (Wildman–Crippen LogP) is 3.84. The largest absolute Gasteiger partial charge is 0.497 e. The third-order valence-electron chi connectivity index (χ3n) is 4.69. The summed E-state index contributed by atoms with van der Waals surface area (Å²) in [7, 11) is 1.63. The van der Waals surface area contributed by atoms with Crippen LogP contribution in [0.5, 0.6) is 5.75 Å². The van der Waals surface area contributed by atoms with Crippen LogP contribution in [0, 0.1) is 0 Å². The van der Waals surface area contributed by atoms with E-state index < -0.39 is 0 Å². The van der Waals surface area contributed by atoms with Crippen LogP contribution in [-0.4, -0.2) is 43.7 Å². The molecule has 2 N–H and O–H groups in total. The van der Waals surface area contributed by atoms with Crippen molar-refractivity contribution in [2.75, 3.05) is 37.0 Å². The number of nitrogens with zero attached hydrogens (tertiary/aromatic N) is 2. The molecule has 1 fully saturated rings. The van der Waals surface area contributed by atoms with E-state index in [0.717, 1.165) is 30.0 Å². The van der Waals surface area contributed by atoms with E-state index in [0.29, 0.717) is 25.3 Å². The highest BCUT2D eigenvalue weighted by molar-refractivity contribution is 5.94. The summed E-state index contributed by atoms with van der Waals surface area (Å²) in [6, 6.07) is 14.7. The van der Waals surface area contributed by atoms with E-state index in [1.165, 1.54) is 0 Å². The van der Waals surface area contributed by atoms with Gasteiger partial charge in [0.15, 0.2) is 0 Å². The highest BCUT2D eigenvalue weighted by Crippen LogP contribution is 2.23. The Balaban J connectivity index is 1.63. The van der Waals surface area contributed by atoms with E-state index in [1.807, 2.05) is 41.3 Å². The first kappa shape index (κ1) is 20.3. The molecule has 152 valence electrons. The number of hydrogen-bond acceptors (Lipinski definition) is 3. The number of nitrogens with one attached hydrogen (secondary N) is 2. The van der Waals surface area contributed by atoms with Gasteiger partial charge in [-0.05, 0) is 48.4 Å². The van der Waals surface area contributed by atoms with Crippen LogP contribution in [-0.2, 0) is 6.54 Å². The summed E-state index contributed by atoms with van der Waals surface area (Å²) in [6.07, 6.45) is 2.51. The molecule has 0 radical (unpaired) electrons. The third-order valence-corrected chi connectivity index (χ3v) is 4.69. The molecular weight excluding hydrogens is 368 g/mol. The smallest absolute Gasteiger partial charge is 0.324 e. The number of benzene rings is 2. The van der Waals surface area contributed by atoms with Gasteiger partial charge in [-0.3, -0.25) is 4.90 Å². The second-order valence-corrected chi connectivity index (χ2v) is 6.73. The van der Waals surface area contributed by atoms with Gasteiger partial charge in [0.1, 0.15) is 5.75 Å². The summed E-state index contributed by atoms with van der Waals surface area (Å²) in [6.45, 7) is 5.92. The van der Waals surface area contributed by atoms with Crippen molar-refractivity contribution in [2.45, 2.75) is 13.0 Å². The number of hydrogen-bond donors (Lipinski definition) is 2. The van der Waals surface area contributed by atoms with E-state index >= 15 is 0 Å². The Morgan fingerprint density at radius 2 is 1.86 bits per heavy atom. The first-order chi connectivity index (χ1) is 14.1. The zero-order chi connectivity index (χ0) is 20.6. The number of anilines is 2. The topological polar surface area (TPSA) is 73.9 Å². The Morgan fingerprint density at radius 3 is 2.52 bits per heavy atom. The summed E-state index contributed by atoms with van der Waals surface area (Å²) in [5.74, 6) is 0.798. The van der Waals surface area contributed by atoms with Crippen LogP contribution < -0.4 is 20.3 Å². The average Bonchev–Trinajstić information content (AvgIpc) is 2.75. The van der Waals surface area contributed by atoms with Gasteiger partial charge in [0.25, 0.3) is 0 Å². The second kappa shape index (κ2) is 9.64. The third kappa shape index (κ3) is 5.28. The van der Waals surface area contributed by atoms with Gasteiger partial charge in [-0.1, -0.05) is 18.2 Å².